The molecule has 0 aliphatic rings. The fourth-order valence-electron chi connectivity index (χ4n) is 2.75. The summed E-state index contributed by atoms with van der Waals surface area (Å²) in [5.74, 6) is -1.35. The average Bonchev–Trinajstić information content (AvgIpc) is 2.69. The number of ether oxygens (including phenoxy) is 1. The number of carbonyl (C=O) groups is 3. The molecule has 2 aromatic carbocycles. The molecule has 0 radical (unpaired) electrons. The van der Waals surface area contributed by atoms with Crippen LogP contribution in [0, 0.1) is 11.8 Å². The average molecular weight is 481 g/mol. The van der Waals surface area contributed by atoms with Crippen molar-refractivity contribution in [2.24, 2.45) is 11.8 Å². The van der Waals surface area contributed by atoms with E-state index < -0.39 is 17.9 Å². The van der Waals surface area contributed by atoms with Crippen molar-refractivity contribution < 1.29 is 24.2 Å². The Morgan fingerprint density at radius 1 is 1.00 bits per heavy atom. The first-order valence-electron chi connectivity index (χ1n) is 10.1. The molecule has 0 unspecified atom stereocenters. The Bertz CT molecular complexity index is 967. The summed E-state index contributed by atoms with van der Waals surface area (Å²) in [4.78, 5) is 35.3. The van der Waals surface area contributed by atoms with Crippen LogP contribution < -0.4 is 15.4 Å². The van der Waals surface area contributed by atoms with Gasteiger partial charge in [0, 0.05) is 11.6 Å². The molecule has 1 atom stereocenters. The number of nitrogens with one attached hydrogen (secondary N) is 2. The Morgan fingerprint density at radius 2 is 1.56 bits per heavy atom. The molecule has 0 bridgehead atoms. The molecule has 0 aliphatic heterocycles. The molecule has 0 spiro atoms. The van der Waals surface area contributed by atoms with E-state index in [2.05, 4.69) is 10.6 Å². The van der Waals surface area contributed by atoms with Gasteiger partial charge < -0.3 is 20.5 Å². The third-order valence-corrected chi connectivity index (χ3v) is 5.10. The van der Waals surface area contributed by atoms with Gasteiger partial charge in [-0.2, -0.15) is 0 Å². The number of carbonyl (C=O) groups excluding carboxylic acids is 2. The van der Waals surface area contributed by atoms with E-state index >= 15 is 0 Å². The van der Waals surface area contributed by atoms with E-state index in [-0.39, 0.29) is 40.0 Å². The minimum atomic E-state index is -1.09. The van der Waals surface area contributed by atoms with Gasteiger partial charge in [0.1, 0.15) is 11.8 Å². The number of amides is 2. The van der Waals surface area contributed by atoms with Crippen LogP contribution in [-0.4, -0.2) is 28.9 Å². The predicted octanol–water partition coefficient (Wildman–Crippen LogP) is 5.15. The highest BCUT2D eigenvalue weighted by atomic mass is 35.5. The summed E-state index contributed by atoms with van der Waals surface area (Å²) in [6, 6.07) is 8.84. The van der Waals surface area contributed by atoms with Gasteiger partial charge in [-0.05, 0) is 47.9 Å². The highest BCUT2D eigenvalue weighted by Gasteiger charge is 2.23. The smallest absolute Gasteiger partial charge is 0.326 e. The second kappa shape index (κ2) is 11.2. The second-order valence-corrected chi connectivity index (χ2v) is 8.78. The highest BCUT2D eigenvalue weighted by molar-refractivity contribution is 6.37. The number of benzene rings is 2. The summed E-state index contributed by atoms with van der Waals surface area (Å²) in [6.45, 7) is 7.03. The van der Waals surface area contributed by atoms with Crippen LogP contribution in [0.25, 0.3) is 0 Å². The Morgan fingerprint density at radius 3 is 2.03 bits per heavy atom. The molecular formula is C23H26Cl2N2O5. The third-order valence-electron chi connectivity index (χ3n) is 4.54. The molecule has 32 heavy (non-hydrogen) atoms. The lowest BCUT2D eigenvalue weighted by molar-refractivity contribution is -0.143. The van der Waals surface area contributed by atoms with E-state index in [0.29, 0.717) is 17.0 Å². The van der Waals surface area contributed by atoms with Crippen molar-refractivity contribution in [3.8, 4) is 11.5 Å². The molecule has 2 amide bonds. The van der Waals surface area contributed by atoms with Gasteiger partial charge in [-0.1, -0.05) is 50.9 Å². The number of hydrogen-bond acceptors (Lipinski definition) is 4. The van der Waals surface area contributed by atoms with Crippen molar-refractivity contribution in [2.75, 3.05) is 5.32 Å². The molecule has 0 saturated heterocycles. The Balaban J connectivity index is 2.08. The van der Waals surface area contributed by atoms with E-state index in [1.807, 2.05) is 0 Å². The molecule has 0 aromatic heterocycles. The van der Waals surface area contributed by atoms with Crippen molar-refractivity contribution >= 4 is 46.7 Å². The third kappa shape index (κ3) is 7.14. The zero-order valence-corrected chi connectivity index (χ0v) is 19.8. The maximum Gasteiger partial charge on any atom is 0.326 e. The molecule has 3 N–H and O–H groups in total. The minimum absolute atomic E-state index is 0.0829. The highest BCUT2D eigenvalue weighted by Crippen LogP contribution is 2.37. The lowest BCUT2D eigenvalue weighted by Gasteiger charge is -2.18. The number of carboxylic acid groups (broad SMARTS) is 1. The first-order valence-corrected chi connectivity index (χ1v) is 10.8. The largest absolute Gasteiger partial charge is 0.480 e. The summed E-state index contributed by atoms with van der Waals surface area (Å²) in [5, 5.41) is 14.9. The SMILES string of the molecule is CC(C)C(=O)Nc1ccc(Oc2c(Cl)cc(CC(=O)N[C@H](C(=O)O)C(C)C)cc2Cl)cc1. The summed E-state index contributed by atoms with van der Waals surface area (Å²) in [5.41, 5.74) is 1.15. The van der Waals surface area contributed by atoms with Gasteiger partial charge in [0.25, 0.3) is 0 Å². The molecular weight excluding hydrogens is 455 g/mol. The van der Waals surface area contributed by atoms with Gasteiger partial charge in [0.05, 0.1) is 16.5 Å². The molecule has 0 heterocycles. The van der Waals surface area contributed by atoms with E-state index in [1.54, 1.807) is 64.1 Å². The topological polar surface area (TPSA) is 105 Å². The van der Waals surface area contributed by atoms with E-state index in [0.717, 1.165) is 0 Å². The summed E-state index contributed by atoms with van der Waals surface area (Å²) >= 11 is 12.6. The summed E-state index contributed by atoms with van der Waals surface area (Å²) in [6.07, 6.45) is -0.0829. The summed E-state index contributed by atoms with van der Waals surface area (Å²) < 4.78 is 5.78. The lowest BCUT2D eigenvalue weighted by Crippen LogP contribution is -2.44. The van der Waals surface area contributed by atoms with Crippen molar-refractivity contribution in [1.29, 1.82) is 0 Å². The van der Waals surface area contributed by atoms with Crippen LogP contribution in [0.3, 0.4) is 0 Å². The van der Waals surface area contributed by atoms with Gasteiger partial charge in [-0.3, -0.25) is 9.59 Å². The van der Waals surface area contributed by atoms with Gasteiger partial charge in [0.2, 0.25) is 11.8 Å². The van der Waals surface area contributed by atoms with Crippen LogP contribution in [0.15, 0.2) is 36.4 Å². The van der Waals surface area contributed by atoms with Gasteiger partial charge in [-0.15, -0.1) is 0 Å². The maximum atomic E-state index is 12.3. The molecule has 0 saturated carbocycles. The van der Waals surface area contributed by atoms with Crippen molar-refractivity contribution in [2.45, 2.75) is 40.2 Å². The number of halogens is 2. The van der Waals surface area contributed by atoms with Gasteiger partial charge in [0.15, 0.2) is 5.75 Å². The van der Waals surface area contributed by atoms with Gasteiger partial charge >= 0.3 is 5.97 Å². The number of rotatable bonds is 9. The Kier molecular flexibility index (Phi) is 8.92. The Hall–Kier alpha value is -2.77. The maximum absolute atomic E-state index is 12.3. The van der Waals surface area contributed by atoms with Crippen LogP contribution in [0.1, 0.15) is 33.3 Å². The minimum Gasteiger partial charge on any atom is -0.480 e. The molecule has 2 rings (SSSR count). The van der Waals surface area contributed by atoms with Crippen LogP contribution in [0.5, 0.6) is 11.5 Å². The van der Waals surface area contributed by atoms with E-state index in [1.165, 1.54) is 0 Å². The molecule has 0 aliphatic carbocycles. The van der Waals surface area contributed by atoms with Crippen LogP contribution in [-0.2, 0) is 20.8 Å². The first-order chi connectivity index (χ1) is 15.0. The second-order valence-electron chi connectivity index (χ2n) is 7.96. The molecule has 0 fully saturated rings. The van der Waals surface area contributed by atoms with Crippen molar-refractivity contribution in [3.05, 3.63) is 52.0 Å². The Labute approximate surface area is 197 Å². The quantitative estimate of drug-likeness (QED) is 0.460. The van der Waals surface area contributed by atoms with Gasteiger partial charge in [-0.25, -0.2) is 4.79 Å². The van der Waals surface area contributed by atoms with Crippen molar-refractivity contribution in [1.82, 2.24) is 5.32 Å². The zero-order chi connectivity index (χ0) is 24.0. The zero-order valence-electron chi connectivity index (χ0n) is 18.2. The van der Waals surface area contributed by atoms with Crippen LogP contribution >= 0.6 is 23.2 Å². The fourth-order valence-corrected chi connectivity index (χ4v) is 3.36. The number of hydrogen-bond donors (Lipinski definition) is 3. The number of carboxylic acids is 1. The predicted molar refractivity (Wildman–Crippen MR) is 125 cm³/mol. The van der Waals surface area contributed by atoms with E-state index in [4.69, 9.17) is 27.9 Å². The first kappa shape index (κ1) is 25.5. The van der Waals surface area contributed by atoms with Crippen LogP contribution in [0.2, 0.25) is 10.0 Å². The van der Waals surface area contributed by atoms with E-state index in [9.17, 15) is 19.5 Å². The number of aliphatic carboxylic acids is 1. The normalized spacial score (nSPS) is 11.9. The summed E-state index contributed by atoms with van der Waals surface area (Å²) in [7, 11) is 0. The molecule has 2 aromatic rings. The van der Waals surface area contributed by atoms with Crippen LogP contribution in [0.4, 0.5) is 5.69 Å². The molecule has 7 nitrogen and oxygen atoms in total. The standard InChI is InChI=1S/C23H26Cl2N2O5/c1-12(2)20(23(30)31)27-19(28)11-14-9-17(24)21(18(25)10-14)32-16-7-5-15(6-8-16)26-22(29)13(3)4/h5-10,12-13,20H,11H2,1-4H3,(H,26,29)(H,27,28)(H,30,31)/t20-/m0/s1. The molecule has 172 valence electrons. The lowest BCUT2D eigenvalue weighted by atomic mass is 10.0. The molecule has 9 heteroatoms. The number of anilines is 1. The monoisotopic (exact) mass is 480 g/mol. The van der Waals surface area contributed by atoms with Crippen molar-refractivity contribution in [3.63, 3.8) is 0 Å². The fraction of sp³-hybridized carbons (Fsp3) is 0.348.